The molecule has 0 amide bonds. The summed E-state index contributed by atoms with van der Waals surface area (Å²) in [5, 5.41) is 0. The van der Waals surface area contributed by atoms with Crippen LogP contribution in [0.4, 0.5) is 5.69 Å². The summed E-state index contributed by atoms with van der Waals surface area (Å²) in [6.45, 7) is 4.21. The molecule has 1 aromatic rings. The van der Waals surface area contributed by atoms with Crippen molar-refractivity contribution < 1.29 is 14.3 Å². The monoisotopic (exact) mass is 223 g/mol. The second-order valence-corrected chi connectivity index (χ2v) is 3.56. The topological polar surface area (TPSA) is 61.5 Å². The molecule has 0 bridgehead atoms. The Morgan fingerprint density at radius 1 is 1.44 bits per heavy atom. The van der Waals surface area contributed by atoms with Crippen molar-refractivity contribution in [2.24, 2.45) is 0 Å². The van der Waals surface area contributed by atoms with Crippen LogP contribution in [0.5, 0.6) is 5.75 Å². The van der Waals surface area contributed by atoms with E-state index in [2.05, 4.69) is 0 Å². The summed E-state index contributed by atoms with van der Waals surface area (Å²) in [6.07, 6.45) is 0.786. The van der Waals surface area contributed by atoms with Crippen LogP contribution in [-0.4, -0.2) is 19.7 Å². The van der Waals surface area contributed by atoms with E-state index in [4.69, 9.17) is 15.2 Å². The number of methoxy groups -OCH3 is 1. The van der Waals surface area contributed by atoms with Gasteiger partial charge in [-0.25, -0.2) is 4.79 Å². The molecule has 1 aromatic carbocycles. The Morgan fingerprint density at radius 3 is 2.69 bits per heavy atom. The lowest BCUT2D eigenvalue weighted by molar-refractivity contribution is 0.0506. The minimum atomic E-state index is -0.402. The van der Waals surface area contributed by atoms with Gasteiger partial charge in [0.2, 0.25) is 0 Å². The first-order valence-corrected chi connectivity index (χ1v) is 5.21. The van der Waals surface area contributed by atoms with Crippen LogP contribution in [0.25, 0.3) is 0 Å². The van der Waals surface area contributed by atoms with Gasteiger partial charge in [0.15, 0.2) is 0 Å². The van der Waals surface area contributed by atoms with E-state index in [1.165, 1.54) is 7.11 Å². The first-order chi connectivity index (χ1) is 7.60. The molecule has 0 radical (unpaired) electrons. The van der Waals surface area contributed by atoms with Gasteiger partial charge in [0.1, 0.15) is 5.75 Å². The number of ether oxygens (including phenoxy) is 2. The standard InChI is InChI=1S/C12H17NO3/c1-4-5-16-12(14)9-6-8(2)7-10(15-3)11(9)13/h6-7H,4-5,13H2,1-3H3. The number of hydrogen-bond donors (Lipinski definition) is 1. The van der Waals surface area contributed by atoms with Crippen LogP contribution in [0, 0.1) is 6.92 Å². The molecule has 0 aliphatic rings. The van der Waals surface area contributed by atoms with E-state index in [-0.39, 0.29) is 0 Å². The number of anilines is 1. The molecule has 1 rings (SSSR count). The number of hydrogen-bond acceptors (Lipinski definition) is 4. The minimum absolute atomic E-state index is 0.328. The van der Waals surface area contributed by atoms with E-state index < -0.39 is 5.97 Å². The molecule has 2 N–H and O–H groups in total. The highest BCUT2D eigenvalue weighted by Gasteiger charge is 2.15. The van der Waals surface area contributed by atoms with E-state index in [0.29, 0.717) is 23.6 Å². The predicted molar refractivity (Wildman–Crippen MR) is 62.7 cm³/mol. The summed E-state index contributed by atoms with van der Waals surface area (Å²) in [6, 6.07) is 3.49. The zero-order valence-electron chi connectivity index (χ0n) is 9.87. The normalized spacial score (nSPS) is 9.94. The average Bonchev–Trinajstić information content (AvgIpc) is 2.28. The lowest BCUT2D eigenvalue weighted by Crippen LogP contribution is -2.10. The van der Waals surface area contributed by atoms with Gasteiger partial charge in [-0.1, -0.05) is 6.92 Å². The second kappa shape index (κ2) is 5.39. The van der Waals surface area contributed by atoms with E-state index in [1.807, 2.05) is 13.8 Å². The molecule has 0 unspecified atom stereocenters. The lowest BCUT2D eigenvalue weighted by Gasteiger charge is -2.11. The van der Waals surface area contributed by atoms with Gasteiger partial charge in [-0.15, -0.1) is 0 Å². The molecule has 4 nitrogen and oxygen atoms in total. The molecule has 0 aliphatic carbocycles. The van der Waals surface area contributed by atoms with Crippen molar-refractivity contribution in [3.05, 3.63) is 23.3 Å². The first-order valence-electron chi connectivity index (χ1n) is 5.21. The van der Waals surface area contributed by atoms with Crippen molar-refractivity contribution >= 4 is 11.7 Å². The highest BCUT2D eigenvalue weighted by molar-refractivity contribution is 5.96. The van der Waals surface area contributed by atoms with Crippen LogP contribution in [0.2, 0.25) is 0 Å². The number of rotatable bonds is 4. The van der Waals surface area contributed by atoms with Crippen molar-refractivity contribution in [1.82, 2.24) is 0 Å². The van der Waals surface area contributed by atoms with Crippen LogP contribution in [-0.2, 0) is 4.74 Å². The van der Waals surface area contributed by atoms with Crippen molar-refractivity contribution in [2.75, 3.05) is 19.5 Å². The fourth-order valence-electron chi connectivity index (χ4n) is 1.37. The third-order valence-electron chi connectivity index (χ3n) is 2.16. The van der Waals surface area contributed by atoms with Gasteiger partial charge in [-0.3, -0.25) is 0 Å². The minimum Gasteiger partial charge on any atom is -0.495 e. The van der Waals surface area contributed by atoms with Gasteiger partial charge in [-0.05, 0) is 31.0 Å². The number of nitrogen functional groups attached to an aromatic ring is 1. The van der Waals surface area contributed by atoms with Gasteiger partial charge >= 0.3 is 5.97 Å². The number of carbonyl (C=O) groups excluding carboxylic acids is 1. The predicted octanol–water partition coefficient (Wildman–Crippen LogP) is 2.15. The highest BCUT2D eigenvalue weighted by Crippen LogP contribution is 2.27. The van der Waals surface area contributed by atoms with E-state index in [9.17, 15) is 4.79 Å². The van der Waals surface area contributed by atoms with Crippen LogP contribution < -0.4 is 10.5 Å². The third-order valence-corrected chi connectivity index (χ3v) is 2.16. The molecule has 0 fully saturated rings. The number of esters is 1. The van der Waals surface area contributed by atoms with E-state index in [0.717, 1.165) is 12.0 Å². The Kier molecular flexibility index (Phi) is 4.17. The maximum absolute atomic E-state index is 11.7. The first kappa shape index (κ1) is 12.4. The number of nitrogens with two attached hydrogens (primary N) is 1. The quantitative estimate of drug-likeness (QED) is 0.627. The van der Waals surface area contributed by atoms with Crippen LogP contribution >= 0.6 is 0 Å². The maximum atomic E-state index is 11.7. The van der Waals surface area contributed by atoms with Gasteiger partial charge in [0.05, 0.1) is 25.0 Å². The molecule has 0 atom stereocenters. The summed E-state index contributed by atoms with van der Waals surface area (Å²) in [5.74, 6) is 0.102. The molecular formula is C12H17NO3. The molecule has 0 aliphatic heterocycles. The highest BCUT2D eigenvalue weighted by atomic mass is 16.5. The fraction of sp³-hybridized carbons (Fsp3) is 0.417. The third kappa shape index (κ3) is 2.66. The van der Waals surface area contributed by atoms with Crippen molar-refractivity contribution in [1.29, 1.82) is 0 Å². The van der Waals surface area contributed by atoms with Crippen molar-refractivity contribution in [3.63, 3.8) is 0 Å². The average molecular weight is 223 g/mol. The zero-order valence-corrected chi connectivity index (χ0v) is 9.87. The Morgan fingerprint density at radius 2 is 2.12 bits per heavy atom. The summed E-state index contributed by atoms with van der Waals surface area (Å²) < 4.78 is 10.1. The van der Waals surface area contributed by atoms with Gasteiger partial charge in [0.25, 0.3) is 0 Å². The SMILES string of the molecule is CCCOC(=O)c1cc(C)cc(OC)c1N. The molecule has 0 saturated heterocycles. The summed E-state index contributed by atoms with van der Waals surface area (Å²) in [5.41, 5.74) is 7.42. The second-order valence-electron chi connectivity index (χ2n) is 3.56. The van der Waals surface area contributed by atoms with Gasteiger partial charge in [-0.2, -0.15) is 0 Å². The van der Waals surface area contributed by atoms with Gasteiger partial charge < -0.3 is 15.2 Å². The molecule has 0 saturated carbocycles. The van der Waals surface area contributed by atoms with Crippen LogP contribution in [0.15, 0.2) is 12.1 Å². The fourth-order valence-corrected chi connectivity index (χ4v) is 1.37. The molecule has 88 valence electrons. The van der Waals surface area contributed by atoms with E-state index >= 15 is 0 Å². The molecule has 0 aromatic heterocycles. The van der Waals surface area contributed by atoms with Crippen molar-refractivity contribution in [3.8, 4) is 5.75 Å². The van der Waals surface area contributed by atoms with Crippen molar-refractivity contribution in [2.45, 2.75) is 20.3 Å². The molecule has 4 heteroatoms. The number of carbonyl (C=O) groups is 1. The zero-order chi connectivity index (χ0) is 12.1. The molecule has 0 heterocycles. The Hall–Kier alpha value is -1.71. The molecule has 0 spiro atoms. The maximum Gasteiger partial charge on any atom is 0.340 e. The summed E-state index contributed by atoms with van der Waals surface area (Å²) in [4.78, 5) is 11.7. The largest absolute Gasteiger partial charge is 0.495 e. The van der Waals surface area contributed by atoms with Crippen LogP contribution in [0.1, 0.15) is 29.3 Å². The molecular weight excluding hydrogens is 206 g/mol. The Bertz CT molecular complexity index is 388. The number of benzene rings is 1. The van der Waals surface area contributed by atoms with Gasteiger partial charge in [0, 0.05) is 0 Å². The molecule has 16 heavy (non-hydrogen) atoms. The van der Waals surface area contributed by atoms with Crippen LogP contribution in [0.3, 0.4) is 0 Å². The Balaban J connectivity index is 3.03. The lowest BCUT2D eigenvalue weighted by atomic mass is 10.1. The summed E-state index contributed by atoms with van der Waals surface area (Å²) >= 11 is 0. The number of aryl methyl sites for hydroxylation is 1. The summed E-state index contributed by atoms with van der Waals surface area (Å²) in [7, 11) is 1.52. The van der Waals surface area contributed by atoms with E-state index in [1.54, 1.807) is 12.1 Å². The smallest absolute Gasteiger partial charge is 0.340 e. The Labute approximate surface area is 95.3 Å².